The van der Waals surface area contributed by atoms with Crippen molar-refractivity contribution in [2.75, 3.05) is 21.3 Å². The van der Waals surface area contributed by atoms with Crippen LogP contribution in [0.2, 0.25) is 0 Å². The van der Waals surface area contributed by atoms with Crippen molar-refractivity contribution in [1.29, 1.82) is 0 Å². The van der Waals surface area contributed by atoms with Gasteiger partial charge in [0.25, 0.3) is 0 Å². The summed E-state index contributed by atoms with van der Waals surface area (Å²) in [5.41, 5.74) is 0.754. The van der Waals surface area contributed by atoms with Crippen LogP contribution in [-0.2, 0) is 9.53 Å². The molecule has 0 amide bonds. The molecule has 0 aliphatic heterocycles. The zero-order valence-electron chi connectivity index (χ0n) is 9.32. The zero-order chi connectivity index (χ0) is 12.1. The van der Waals surface area contributed by atoms with Crippen LogP contribution < -0.4 is 9.47 Å². The molecule has 0 aromatic heterocycles. The van der Waals surface area contributed by atoms with Crippen molar-refractivity contribution in [1.82, 2.24) is 0 Å². The van der Waals surface area contributed by atoms with Crippen LogP contribution in [0.25, 0.3) is 0 Å². The summed E-state index contributed by atoms with van der Waals surface area (Å²) in [6, 6.07) is 5.25. The van der Waals surface area contributed by atoms with E-state index in [0.29, 0.717) is 11.5 Å². The number of rotatable bonds is 4. The molecule has 0 heterocycles. The summed E-state index contributed by atoms with van der Waals surface area (Å²) in [5.74, 6) is 0.844. The third-order valence-electron chi connectivity index (χ3n) is 2.11. The molecular weight excluding hydrogens is 276 g/mol. The summed E-state index contributed by atoms with van der Waals surface area (Å²) in [6.07, 6.45) is 0. The van der Waals surface area contributed by atoms with E-state index in [-0.39, 0.29) is 5.97 Å². The fourth-order valence-electron chi connectivity index (χ4n) is 1.25. The summed E-state index contributed by atoms with van der Waals surface area (Å²) >= 11 is 3.25. The molecule has 1 aromatic carbocycles. The Morgan fingerprint density at radius 2 is 1.81 bits per heavy atom. The van der Waals surface area contributed by atoms with Gasteiger partial charge in [0.1, 0.15) is 4.83 Å². The number of ether oxygens (including phenoxy) is 3. The smallest absolute Gasteiger partial charge is 0.324 e. The van der Waals surface area contributed by atoms with Crippen LogP contribution in [0.4, 0.5) is 0 Å². The first-order chi connectivity index (χ1) is 7.63. The van der Waals surface area contributed by atoms with Crippen molar-refractivity contribution in [3.05, 3.63) is 23.8 Å². The molecule has 16 heavy (non-hydrogen) atoms. The fraction of sp³-hybridized carbons (Fsp3) is 0.364. The Morgan fingerprint density at radius 3 is 2.31 bits per heavy atom. The lowest BCUT2D eigenvalue weighted by atomic mass is 10.1. The van der Waals surface area contributed by atoms with E-state index in [2.05, 4.69) is 20.7 Å². The van der Waals surface area contributed by atoms with Crippen molar-refractivity contribution in [3.8, 4) is 11.5 Å². The molecule has 1 unspecified atom stereocenters. The molecule has 0 saturated heterocycles. The Labute approximate surface area is 103 Å². The second kappa shape index (κ2) is 5.75. The topological polar surface area (TPSA) is 44.8 Å². The Balaban J connectivity index is 3.03. The van der Waals surface area contributed by atoms with Gasteiger partial charge in [-0.2, -0.15) is 0 Å². The molecule has 0 aliphatic rings. The highest BCUT2D eigenvalue weighted by Gasteiger charge is 2.19. The highest BCUT2D eigenvalue weighted by molar-refractivity contribution is 9.09. The van der Waals surface area contributed by atoms with Gasteiger partial charge >= 0.3 is 5.97 Å². The van der Waals surface area contributed by atoms with E-state index in [1.165, 1.54) is 7.11 Å². The molecule has 0 aliphatic carbocycles. The predicted molar refractivity (Wildman–Crippen MR) is 63.2 cm³/mol. The van der Waals surface area contributed by atoms with Gasteiger partial charge in [-0.05, 0) is 17.7 Å². The van der Waals surface area contributed by atoms with Crippen molar-refractivity contribution in [3.63, 3.8) is 0 Å². The SMILES string of the molecule is COC(=O)C(Br)c1ccc(OC)c(OC)c1. The molecule has 1 rings (SSSR count). The minimum atomic E-state index is -0.502. The van der Waals surface area contributed by atoms with Gasteiger partial charge in [-0.25, -0.2) is 0 Å². The van der Waals surface area contributed by atoms with Crippen LogP contribution in [0.5, 0.6) is 11.5 Å². The number of hydrogen-bond acceptors (Lipinski definition) is 4. The Hall–Kier alpha value is -1.23. The number of carbonyl (C=O) groups is 1. The highest BCUT2D eigenvalue weighted by atomic mass is 79.9. The lowest BCUT2D eigenvalue weighted by Crippen LogP contribution is -2.08. The van der Waals surface area contributed by atoms with Crippen LogP contribution in [0.15, 0.2) is 18.2 Å². The molecule has 5 heteroatoms. The Morgan fingerprint density at radius 1 is 1.19 bits per heavy atom. The maximum atomic E-state index is 11.3. The number of halogens is 1. The van der Waals surface area contributed by atoms with Gasteiger partial charge < -0.3 is 14.2 Å². The lowest BCUT2D eigenvalue weighted by molar-refractivity contribution is -0.139. The first-order valence-electron chi connectivity index (χ1n) is 4.57. The van der Waals surface area contributed by atoms with Crippen molar-refractivity contribution < 1.29 is 19.0 Å². The number of carbonyl (C=O) groups excluding carboxylic acids is 1. The van der Waals surface area contributed by atoms with Gasteiger partial charge in [0.2, 0.25) is 0 Å². The molecule has 1 atom stereocenters. The van der Waals surface area contributed by atoms with Crippen LogP contribution in [-0.4, -0.2) is 27.3 Å². The van der Waals surface area contributed by atoms with Crippen molar-refractivity contribution >= 4 is 21.9 Å². The van der Waals surface area contributed by atoms with E-state index in [9.17, 15) is 4.79 Å². The minimum absolute atomic E-state index is 0.354. The van der Waals surface area contributed by atoms with Crippen LogP contribution in [0.3, 0.4) is 0 Å². The predicted octanol–water partition coefficient (Wildman–Crippen LogP) is 2.31. The maximum Gasteiger partial charge on any atom is 0.324 e. The molecule has 0 saturated carbocycles. The van der Waals surface area contributed by atoms with Crippen LogP contribution in [0.1, 0.15) is 10.4 Å². The first-order valence-corrected chi connectivity index (χ1v) is 5.49. The number of alkyl halides is 1. The van der Waals surface area contributed by atoms with Crippen molar-refractivity contribution in [2.24, 2.45) is 0 Å². The average molecular weight is 289 g/mol. The third kappa shape index (κ3) is 2.66. The molecule has 0 N–H and O–H groups in total. The fourth-order valence-corrected chi connectivity index (χ4v) is 1.72. The normalized spacial score (nSPS) is 11.8. The monoisotopic (exact) mass is 288 g/mol. The molecule has 0 fully saturated rings. The van der Waals surface area contributed by atoms with Gasteiger partial charge in [0, 0.05) is 0 Å². The van der Waals surface area contributed by atoms with E-state index < -0.39 is 4.83 Å². The quantitative estimate of drug-likeness (QED) is 0.630. The third-order valence-corrected chi connectivity index (χ3v) is 3.01. The number of esters is 1. The van der Waals surface area contributed by atoms with E-state index >= 15 is 0 Å². The van der Waals surface area contributed by atoms with Gasteiger partial charge in [-0.15, -0.1) is 0 Å². The standard InChI is InChI=1S/C11H13BrO4/c1-14-8-5-4-7(6-9(8)15-2)10(12)11(13)16-3/h4-6,10H,1-3H3. The van der Waals surface area contributed by atoms with Gasteiger partial charge in [0.05, 0.1) is 21.3 Å². The molecule has 1 aromatic rings. The van der Waals surface area contributed by atoms with E-state index in [4.69, 9.17) is 9.47 Å². The van der Waals surface area contributed by atoms with Gasteiger partial charge in [-0.3, -0.25) is 4.79 Å². The van der Waals surface area contributed by atoms with Crippen LogP contribution in [0, 0.1) is 0 Å². The summed E-state index contributed by atoms with van der Waals surface area (Å²) in [5, 5.41) is 0. The molecule has 88 valence electrons. The van der Waals surface area contributed by atoms with Crippen LogP contribution >= 0.6 is 15.9 Å². The molecular formula is C11H13BrO4. The summed E-state index contributed by atoms with van der Waals surface area (Å²) in [4.78, 5) is 10.8. The molecule has 0 bridgehead atoms. The number of benzene rings is 1. The largest absolute Gasteiger partial charge is 0.493 e. The van der Waals surface area contributed by atoms with Crippen molar-refractivity contribution in [2.45, 2.75) is 4.83 Å². The average Bonchev–Trinajstić information content (AvgIpc) is 2.35. The molecule has 4 nitrogen and oxygen atoms in total. The van der Waals surface area contributed by atoms with E-state index in [1.54, 1.807) is 32.4 Å². The Bertz CT molecular complexity index is 378. The minimum Gasteiger partial charge on any atom is -0.493 e. The Kier molecular flexibility index (Phi) is 4.61. The lowest BCUT2D eigenvalue weighted by Gasteiger charge is -2.12. The molecule has 0 radical (unpaired) electrons. The second-order valence-corrected chi connectivity index (χ2v) is 3.92. The summed E-state index contributed by atoms with van der Waals surface area (Å²) in [7, 11) is 4.45. The summed E-state index contributed by atoms with van der Waals surface area (Å²) < 4.78 is 14.9. The molecule has 0 spiro atoms. The number of methoxy groups -OCH3 is 3. The summed E-state index contributed by atoms with van der Waals surface area (Å²) in [6.45, 7) is 0. The van der Waals surface area contributed by atoms with E-state index in [1.807, 2.05) is 0 Å². The number of hydrogen-bond donors (Lipinski definition) is 0. The maximum absolute atomic E-state index is 11.3. The zero-order valence-corrected chi connectivity index (χ0v) is 10.9. The second-order valence-electron chi connectivity index (χ2n) is 3.00. The van der Waals surface area contributed by atoms with Gasteiger partial charge in [-0.1, -0.05) is 22.0 Å². The first kappa shape index (κ1) is 12.8. The van der Waals surface area contributed by atoms with Gasteiger partial charge in [0.15, 0.2) is 11.5 Å². The highest BCUT2D eigenvalue weighted by Crippen LogP contribution is 2.33. The van der Waals surface area contributed by atoms with E-state index in [0.717, 1.165) is 5.56 Å².